The molecular weight excluding hydrogens is 467 g/mol. The van der Waals surface area contributed by atoms with Gasteiger partial charge in [-0.3, -0.25) is 4.79 Å². The Morgan fingerprint density at radius 1 is 1.03 bits per heavy atom. The number of alkyl halides is 3. The average Bonchev–Trinajstić information content (AvgIpc) is 3.10. The number of nitrogens with zero attached hydrogens (tertiary/aromatic N) is 4. The van der Waals surface area contributed by atoms with Crippen molar-refractivity contribution >= 4 is 0 Å². The van der Waals surface area contributed by atoms with Gasteiger partial charge in [-0.2, -0.15) is 23.5 Å². The molecule has 35 heavy (non-hydrogen) atoms. The molecule has 0 amide bonds. The van der Waals surface area contributed by atoms with Crippen LogP contribution >= 0.6 is 0 Å². The number of pyridine rings is 1. The van der Waals surface area contributed by atoms with E-state index in [4.69, 9.17) is 0 Å². The van der Waals surface area contributed by atoms with Gasteiger partial charge < -0.3 is 4.57 Å². The number of halogens is 5. The van der Waals surface area contributed by atoms with Crippen LogP contribution in [-0.2, 0) is 12.7 Å². The standard InChI is InChI=1S/C25H17F5N4O/c1-14-23(15(2)34(32-14)18-6-4-3-5-7-18)22-11-20(25(28,29)30)19(12-31)24(35)33(22)13-16-8-9-17(26)10-21(16)27/h3-11H,13H2,1-2H3. The van der Waals surface area contributed by atoms with E-state index < -0.39 is 41.0 Å². The highest BCUT2D eigenvalue weighted by Crippen LogP contribution is 2.36. The number of aryl methyl sites for hydroxylation is 1. The average molecular weight is 484 g/mol. The predicted octanol–water partition coefficient (Wildman–Crippen LogP) is 5.53. The van der Waals surface area contributed by atoms with Gasteiger partial charge in [0.2, 0.25) is 0 Å². The van der Waals surface area contributed by atoms with Crippen LogP contribution in [0.1, 0.15) is 28.1 Å². The summed E-state index contributed by atoms with van der Waals surface area (Å²) in [5.74, 6) is -1.82. The molecule has 5 nitrogen and oxygen atoms in total. The first-order valence-corrected chi connectivity index (χ1v) is 10.3. The van der Waals surface area contributed by atoms with Crippen LogP contribution in [0.25, 0.3) is 16.9 Å². The molecule has 2 aromatic carbocycles. The highest BCUT2D eigenvalue weighted by molar-refractivity contribution is 5.68. The molecule has 0 aliphatic carbocycles. The molecule has 10 heteroatoms. The van der Waals surface area contributed by atoms with Gasteiger partial charge in [0.1, 0.15) is 23.3 Å². The molecule has 0 radical (unpaired) electrons. The van der Waals surface area contributed by atoms with Gasteiger partial charge in [-0.05, 0) is 38.1 Å². The molecule has 178 valence electrons. The van der Waals surface area contributed by atoms with Gasteiger partial charge in [0.25, 0.3) is 5.56 Å². The number of hydrogen-bond acceptors (Lipinski definition) is 3. The van der Waals surface area contributed by atoms with Gasteiger partial charge in [0.15, 0.2) is 0 Å². The lowest BCUT2D eigenvalue weighted by Crippen LogP contribution is -2.29. The molecule has 0 unspecified atom stereocenters. The maximum Gasteiger partial charge on any atom is 0.417 e. The Hall–Kier alpha value is -4.26. The van der Waals surface area contributed by atoms with E-state index in [0.717, 1.165) is 16.7 Å². The van der Waals surface area contributed by atoms with Crippen LogP contribution in [0.2, 0.25) is 0 Å². The normalized spacial score (nSPS) is 11.5. The van der Waals surface area contributed by atoms with Crippen molar-refractivity contribution in [2.75, 3.05) is 0 Å². The first-order chi connectivity index (χ1) is 16.5. The van der Waals surface area contributed by atoms with E-state index in [2.05, 4.69) is 5.10 Å². The zero-order chi connectivity index (χ0) is 25.5. The maximum absolute atomic E-state index is 14.4. The van der Waals surface area contributed by atoms with Crippen molar-refractivity contribution in [2.24, 2.45) is 0 Å². The molecule has 0 spiro atoms. The van der Waals surface area contributed by atoms with Gasteiger partial charge in [-0.15, -0.1) is 0 Å². The van der Waals surface area contributed by atoms with Crippen molar-refractivity contribution in [1.82, 2.24) is 14.3 Å². The summed E-state index contributed by atoms with van der Waals surface area (Å²) in [6.45, 7) is 2.67. The monoisotopic (exact) mass is 484 g/mol. The Morgan fingerprint density at radius 3 is 2.31 bits per heavy atom. The molecule has 0 aliphatic rings. The third-order valence-electron chi connectivity index (χ3n) is 5.61. The van der Waals surface area contributed by atoms with Crippen molar-refractivity contribution in [3.63, 3.8) is 0 Å². The Balaban J connectivity index is 2.04. The second kappa shape index (κ2) is 8.83. The van der Waals surface area contributed by atoms with E-state index in [1.807, 2.05) is 0 Å². The van der Waals surface area contributed by atoms with Crippen LogP contribution in [0.3, 0.4) is 0 Å². The Bertz CT molecular complexity index is 1530. The molecular formula is C25H17F5N4O. The van der Waals surface area contributed by atoms with Gasteiger partial charge in [0, 0.05) is 17.2 Å². The molecule has 2 aromatic heterocycles. The molecule has 0 N–H and O–H groups in total. The fraction of sp³-hybridized carbons (Fsp3) is 0.160. The minimum absolute atomic E-state index is 0.135. The fourth-order valence-corrected chi connectivity index (χ4v) is 4.00. The van der Waals surface area contributed by atoms with Crippen molar-refractivity contribution in [1.29, 1.82) is 5.26 Å². The van der Waals surface area contributed by atoms with Crippen molar-refractivity contribution in [3.05, 3.63) is 105 Å². The molecule has 2 heterocycles. The summed E-state index contributed by atoms with van der Waals surface area (Å²) in [6, 6.07) is 13.5. The largest absolute Gasteiger partial charge is 0.417 e. The molecule has 4 aromatic rings. The third-order valence-corrected chi connectivity index (χ3v) is 5.61. The van der Waals surface area contributed by atoms with Gasteiger partial charge in [-0.25, -0.2) is 13.5 Å². The Labute approximate surface area is 196 Å². The molecule has 4 rings (SSSR count). The zero-order valence-corrected chi connectivity index (χ0v) is 18.5. The van der Waals surface area contributed by atoms with Crippen LogP contribution in [-0.4, -0.2) is 14.3 Å². The Morgan fingerprint density at radius 2 is 1.71 bits per heavy atom. The fourth-order valence-electron chi connectivity index (χ4n) is 4.00. The van der Waals surface area contributed by atoms with Gasteiger partial charge >= 0.3 is 6.18 Å². The molecule has 0 fully saturated rings. The number of benzene rings is 2. The van der Waals surface area contributed by atoms with Crippen molar-refractivity contribution in [2.45, 2.75) is 26.6 Å². The summed E-state index contributed by atoms with van der Waals surface area (Å²) in [4.78, 5) is 13.2. The minimum Gasteiger partial charge on any atom is -0.302 e. The van der Waals surface area contributed by atoms with Crippen LogP contribution in [0.4, 0.5) is 22.0 Å². The second-order valence-electron chi connectivity index (χ2n) is 7.85. The van der Waals surface area contributed by atoms with Crippen molar-refractivity contribution < 1.29 is 22.0 Å². The summed E-state index contributed by atoms with van der Waals surface area (Å²) < 4.78 is 71.7. The summed E-state index contributed by atoms with van der Waals surface area (Å²) in [5, 5.41) is 13.8. The van der Waals surface area contributed by atoms with E-state index in [1.165, 1.54) is 10.8 Å². The highest BCUT2D eigenvalue weighted by Gasteiger charge is 2.37. The minimum atomic E-state index is -4.99. The van der Waals surface area contributed by atoms with Crippen LogP contribution in [0.5, 0.6) is 0 Å². The lowest BCUT2D eigenvalue weighted by molar-refractivity contribution is -0.137. The summed E-state index contributed by atoms with van der Waals surface area (Å²) >= 11 is 0. The number of rotatable bonds is 4. The molecule has 0 saturated heterocycles. The van der Waals surface area contributed by atoms with E-state index in [9.17, 15) is 32.0 Å². The zero-order valence-electron chi connectivity index (χ0n) is 18.5. The van der Waals surface area contributed by atoms with Gasteiger partial charge in [-0.1, -0.05) is 24.3 Å². The van der Waals surface area contributed by atoms with Crippen LogP contribution in [0, 0.1) is 36.8 Å². The summed E-state index contributed by atoms with van der Waals surface area (Å²) in [6.07, 6.45) is -4.99. The van der Waals surface area contributed by atoms with E-state index in [0.29, 0.717) is 29.2 Å². The molecule has 0 aliphatic heterocycles. The summed E-state index contributed by atoms with van der Waals surface area (Å²) in [5.41, 5.74) is -2.47. The number of hydrogen-bond donors (Lipinski definition) is 0. The van der Waals surface area contributed by atoms with Gasteiger partial charge in [0.05, 0.1) is 34.9 Å². The lowest BCUT2D eigenvalue weighted by Gasteiger charge is -2.18. The number of nitriles is 1. The Kier molecular flexibility index (Phi) is 6.03. The molecule has 0 bridgehead atoms. The smallest absolute Gasteiger partial charge is 0.302 e. The number of aromatic nitrogens is 3. The predicted molar refractivity (Wildman–Crippen MR) is 118 cm³/mol. The highest BCUT2D eigenvalue weighted by atomic mass is 19.4. The van der Waals surface area contributed by atoms with E-state index in [1.54, 1.807) is 44.2 Å². The first-order valence-electron chi connectivity index (χ1n) is 10.3. The third kappa shape index (κ3) is 4.33. The topological polar surface area (TPSA) is 63.6 Å². The SMILES string of the molecule is Cc1nn(-c2ccccc2)c(C)c1-c1cc(C(F)(F)F)c(C#N)c(=O)n1Cc1ccc(F)cc1F. The lowest BCUT2D eigenvalue weighted by atomic mass is 10.0. The number of para-hydroxylation sites is 1. The summed E-state index contributed by atoms with van der Waals surface area (Å²) in [7, 11) is 0. The molecule has 0 saturated carbocycles. The molecule has 0 atom stereocenters. The second-order valence-corrected chi connectivity index (χ2v) is 7.85. The quantitative estimate of drug-likeness (QED) is 0.358. The van der Waals surface area contributed by atoms with Crippen LogP contribution in [0.15, 0.2) is 59.4 Å². The van der Waals surface area contributed by atoms with Crippen molar-refractivity contribution in [3.8, 4) is 23.0 Å². The first kappa shape index (κ1) is 23.9. The maximum atomic E-state index is 14.4. The van der Waals surface area contributed by atoms with E-state index in [-0.39, 0.29) is 16.8 Å². The van der Waals surface area contributed by atoms with E-state index >= 15 is 0 Å². The van der Waals surface area contributed by atoms with Crippen LogP contribution < -0.4 is 5.56 Å².